The van der Waals surface area contributed by atoms with E-state index in [0.29, 0.717) is 5.56 Å². The maximum atomic E-state index is 11.7. The highest BCUT2D eigenvalue weighted by Gasteiger charge is 2.11. The van der Waals surface area contributed by atoms with Gasteiger partial charge in [0.1, 0.15) is 6.04 Å². The number of nitriles is 1. The van der Waals surface area contributed by atoms with Crippen molar-refractivity contribution in [2.24, 2.45) is 0 Å². The molecule has 1 N–H and O–H groups in total. The van der Waals surface area contributed by atoms with Crippen LogP contribution in [0.4, 0.5) is 0 Å². The molecule has 5 nitrogen and oxygen atoms in total. The average Bonchev–Trinajstić information content (AvgIpc) is 2.89. The van der Waals surface area contributed by atoms with Crippen molar-refractivity contribution in [1.29, 1.82) is 5.26 Å². The predicted molar refractivity (Wildman–Crippen MR) is 66.1 cm³/mol. The molecule has 0 bridgehead atoms. The zero-order valence-corrected chi connectivity index (χ0v) is 9.87. The third-order valence-corrected chi connectivity index (χ3v) is 2.41. The summed E-state index contributed by atoms with van der Waals surface area (Å²) >= 11 is 0. The molecule has 1 amide bonds. The lowest BCUT2D eigenvalue weighted by atomic mass is 10.3. The van der Waals surface area contributed by atoms with Crippen molar-refractivity contribution < 1.29 is 4.79 Å². The van der Waals surface area contributed by atoms with E-state index in [1.54, 1.807) is 17.8 Å². The standard InChI is InChI=1S/C13H12N4O/c1-10(7-14)16-13(18)11-8-15-17(9-11)12-5-3-2-4-6-12/h2-6,8-10H,1H3,(H,16,18). The lowest BCUT2D eigenvalue weighted by Crippen LogP contribution is -2.30. The number of amides is 1. The Kier molecular flexibility index (Phi) is 3.39. The number of nitrogens with zero attached hydrogens (tertiary/aromatic N) is 3. The van der Waals surface area contributed by atoms with E-state index in [-0.39, 0.29) is 5.91 Å². The van der Waals surface area contributed by atoms with E-state index < -0.39 is 6.04 Å². The minimum Gasteiger partial charge on any atom is -0.336 e. The summed E-state index contributed by atoms with van der Waals surface area (Å²) in [6, 6.07) is 10.9. The molecule has 1 aromatic carbocycles. The largest absolute Gasteiger partial charge is 0.336 e. The topological polar surface area (TPSA) is 70.7 Å². The summed E-state index contributed by atoms with van der Waals surface area (Å²) in [5.74, 6) is -0.300. The number of carbonyl (C=O) groups is 1. The highest BCUT2D eigenvalue weighted by Crippen LogP contribution is 2.07. The molecule has 2 rings (SSSR count). The van der Waals surface area contributed by atoms with Crippen LogP contribution in [0.25, 0.3) is 5.69 Å². The third kappa shape index (κ3) is 2.55. The molecule has 1 atom stereocenters. The van der Waals surface area contributed by atoms with Crippen molar-refractivity contribution in [2.75, 3.05) is 0 Å². The molecule has 0 spiro atoms. The molecule has 0 saturated carbocycles. The quantitative estimate of drug-likeness (QED) is 0.884. The molecule has 1 unspecified atom stereocenters. The summed E-state index contributed by atoms with van der Waals surface area (Å²) in [6.07, 6.45) is 3.11. The highest BCUT2D eigenvalue weighted by molar-refractivity contribution is 5.94. The fourth-order valence-electron chi connectivity index (χ4n) is 1.47. The Morgan fingerprint density at radius 2 is 2.17 bits per heavy atom. The molecule has 0 radical (unpaired) electrons. The van der Waals surface area contributed by atoms with Crippen molar-refractivity contribution in [3.63, 3.8) is 0 Å². The van der Waals surface area contributed by atoms with E-state index in [1.807, 2.05) is 36.4 Å². The van der Waals surface area contributed by atoms with Crippen molar-refractivity contribution >= 4 is 5.91 Å². The van der Waals surface area contributed by atoms with Gasteiger partial charge in [-0.2, -0.15) is 10.4 Å². The Morgan fingerprint density at radius 1 is 1.44 bits per heavy atom. The molecule has 90 valence electrons. The van der Waals surface area contributed by atoms with Crippen LogP contribution in [-0.4, -0.2) is 21.7 Å². The van der Waals surface area contributed by atoms with E-state index >= 15 is 0 Å². The zero-order valence-electron chi connectivity index (χ0n) is 9.87. The molecule has 1 heterocycles. The predicted octanol–water partition coefficient (Wildman–Crippen LogP) is 1.51. The highest BCUT2D eigenvalue weighted by atomic mass is 16.1. The van der Waals surface area contributed by atoms with Crippen LogP contribution in [0, 0.1) is 11.3 Å². The summed E-state index contributed by atoms with van der Waals surface area (Å²) < 4.78 is 1.62. The number of aromatic nitrogens is 2. The van der Waals surface area contributed by atoms with Crippen LogP contribution >= 0.6 is 0 Å². The van der Waals surface area contributed by atoms with Crippen molar-refractivity contribution in [3.05, 3.63) is 48.3 Å². The van der Waals surface area contributed by atoms with Gasteiger partial charge in [-0.15, -0.1) is 0 Å². The van der Waals surface area contributed by atoms with Crippen LogP contribution in [0.15, 0.2) is 42.7 Å². The van der Waals surface area contributed by atoms with Crippen molar-refractivity contribution in [2.45, 2.75) is 13.0 Å². The number of nitrogens with one attached hydrogen (secondary N) is 1. The van der Waals surface area contributed by atoms with Gasteiger partial charge in [-0.05, 0) is 19.1 Å². The maximum Gasteiger partial charge on any atom is 0.255 e. The van der Waals surface area contributed by atoms with Gasteiger partial charge in [0.05, 0.1) is 23.5 Å². The second-order valence-electron chi connectivity index (χ2n) is 3.83. The van der Waals surface area contributed by atoms with Gasteiger partial charge in [0.25, 0.3) is 5.91 Å². The normalized spacial score (nSPS) is 11.6. The second kappa shape index (κ2) is 5.15. The summed E-state index contributed by atoms with van der Waals surface area (Å²) in [4.78, 5) is 11.7. The van der Waals surface area contributed by atoms with Gasteiger partial charge in [0, 0.05) is 6.20 Å². The van der Waals surface area contributed by atoms with E-state index in [0.717, 1.165) is 5.69 Å². The second-order valence-corrected chi connectivity index (χ2v) is 3.83. The van der Waals surface area contributed by atoms with Crippen molar-refractivity contribution in [1.82, 2.24) is 15.1 Å². The van der Waals surface area contributed by atoms with E-state index in [1.165, 1.54) is 6.20 Å². The van der Waals surface area contributed by atoms with Crippen LogP contribution in [0.1, 0.15) is 17.3 Å². The first kappa shape index (κ1) is 11.9. The zero-order chi connectivity index (χ0) is 13.0. The summed E-state index contributed by atoms with van der Waals surface area (Å²) in [6.45, 7) is 1.62. The Balaban J connectivity index is 2.17. The smallest absolute Gasteiger partial charge is 0.255 e. The SMILES string of the molecule is CC(C#N)NC(=O)c1cnn(-c2ccccc2)c1. The summed E-state index contributed by atoms with van der Waals surface area (Å²) in [7, 11) is 0. The minimum atomic E-state index is -0.516. The molecule has 0 aliphatic heterocycles. The fourth-order valence-corrected chi connectivity index (χ4v) is 1.47. The molecule has 5 heteroatoms. The third-order valence-electron chi connectivity index (χ3n) is 2.41. The molecule has 0 fully saturated rings. The molecule has 0 saturated heterocycles. The Morgan fingerprint density at radius 3 is 2.83 bits per heavy atom. The van der Waals surface area contributed by atoms with Crippen LogP contribution in [0.5, 0.6) is 0 Å². The molecular formula is C13H12N4O. The van der Waals surface area contributed by atoms with Crippen LogP contribution in [0.3, 0.4) is 0 Å². The van der Waals surface area contributed by atoms with Gasteiger partial charge in [-0.3, -0.25) is 4.79 Å². The van der Waals surface area contributed by atoms with Crippen molar-refractivity contribution in [3.8, 4) is 11.8 Å². The number of hydrogen-bond acceptors (Lipinski definition) is 3. The number of rotatable bonds is 3. The van der Waals surface area contributed by atoms with Gasteiger partial charge in [-0.1, -0.05) is 18.2 Å². The van der Waals surface area contributed by atoms with E-state index in [4.69, 9.17) is 5.26 Å². The average molecular weight is 240 g/mol. The summed E-state index contributed by atoms with van der Waals surface area (Å²) in [5, 5.41) is 15.3. The summed E-state index contributed by atoms with van der Waals surface area (Å²) in [5.41, 5.74) is 1.31. The van der Waals surface area contributed by atoms with Crippen LogP contribution in [-0.2, 0) is 0 Å². The molecule has 0 aliphatic carbocycles. The van der Waals surface area contributed by atoms with Gasteiger partial charge in [0.15, 0.2) is 0 Å². The molecule has 0 aliphatic rings. The van der Waals surface area contributed by atoms with Gasteiger partial charge in [-0.25, -0.2) is 4.68 Å². The number of hydrogen-bond donors (Lipinski definition) is 1. The first-order valence-electron chi connectivity index (χ1n) is 5.51. The lowest BCUT2D eigenvalue weighted by molar-refractivity contribution is 0.0948. The van der Waals surface area contributed by atoms with Gasteiger partial charge >= 0.3 is 0 Å². The molecule has 18 heavy (non-hydrogen) atoms. The van der Waals surface area contributed by atoms with Crippen LogP contribution < -0.4 is 5.32 Å². The van der Waals surface area contributed by atoms with Crippen LogP contribution in [0.2, 0.25) is 0 Å². The Labute approximate surface area is 105 Å². The fraction of sp³-hybridized carbons (Fsp3) is 0.154. The van der Waals surface area contributed by atoms with E-state index in [2.05, 4.69) is 10.4 Å². The Hall–Kier alpha value is -2.61. The molecule has 1 aromatic heterocycles. The first-order chi connectivity index (χ1) is 8.70. The minimum absolute atomic E-state index is 0.300. The van der Waals surface area contributed by atoms with Gasteiger partial charge in [0.2, 0.25) is 0 Å². The van der Waals surface area contributed by atoms with Gasteiger partial charge < -0.3 is 5.32 Å². The van der Waals surface area contributed by atoms with E-state index in [9.17, 15) is 4.79 Å². The lowest BCUT2D eigenvalue weighted by Gasteiger charge is -2.03. The number of para-hydroxylation sites is 1. The Bertz CT molecular complexity index is 583. The molecular weight excluding hydrogens is 228 g/mol. The molecule has 2 aromatic rings. The monoisotopic (exact) mass is 240 g/mol. The number of carbonyl (C=O) groups excluding carboxylic acids is 1. The first-order valence-corrected chi connectivity index (χ1v) is 5.51. The maximum absolute atomic E-state index is 11.7. The number of benzene rings is 1.